The van der Waals surface area contributed by atoms with Crippen molar-refractivity contribution in [2.45, 2.75) is 39.8 Å². The van der Waals surface area contributed by atoms with Crippen LogP contribution in [-0.4, -0.2) is 30.4 Å². The van der Waals surface area contributed by atoms with Crippen molar-refractivity contribution >= 4 is 0 Å². The van der Waals surface area contributed by atoms with Crippen LogP contribution in [0.25, 0.3) is 0 Å². The van der Waals surface area contributed by atoms with Gasteiger partial charge in [0.2, 0.25) is 0 Å². The topological polar surface area (TPSA) is 41.5 Å². The normalized spacial score (nSPS) is 12.8. The Bertz CT molecular complexity index is 350. The average Bonchev–Trinajstić information content (AvgIpc) is 2.28. The first-order chi connectivity index (χ1) is 8.02. The summed E-state index contributed by atoms with van der Waals surface area (Å²) in [4.78, 5) is 0. The molecule has 0 radical (unpaired) electrons. The van der Waals surface area contributed by atoms with Crippen molar-refractivity contribution in [2.24, 2.45) is 0 Å². The monoisotopic (exact) mass is 237 g/mol. The lowest BCUT2D eigenvalue weighted by Gasteiger charge is -2.19. The quantitative estimate of drug-likeness (QED) is 0.795. The van der Waals surface area contributed by atoms with Crippen molar-refractivity contribution in [3.63, 3.8) is 0 Å². The number of benzene rings is 1. The zero-order chi connectivity index (χ0) is 12.8. The maximum Gasteiger partial charge on any atom is 0.119 e. The van der Waals surface area contributed by atoms with Crippen LogP contribution >= 0.6 is 0 Å². The number of aryl methyl sites for hydroxylation is 2. The molecule has 0 aliphatic rings. The highest BCUT2D eigenvalue weighted by Gasteiger charge is 2.09. The van der Waals surface area contributed by atoms with E-state index in [9.17, 15) is 5.11 Å². The minimum atomic E-state index is -0.0170. The van der Waals surface area contributed by atoms with Gasteiger partial charge in [0.15, 0.2) is 0 Å². The summed E-state index contributed by atoms with van der Waals surface area (Å²) in [7, 11) is 0. The molecule has 0 spiro atoms. The van der Waals surface area contributed by atoms with Gasteiger partial charge in [-0.3, -0.25) is 0 Å². The van der Waals surface area contributed by atoms with Gasteiger partial charge in [-0.25, -0.2) is 0 Å². The van der Waals surface area contributed by atoms with Crippen LogP contribution in [0.1, 0.15) is 25.0 Å². The van der Waals surface area contributed by atoms with Crippen LogP contribution in [0.15, 0.2) is 18.2 Å². The number of hydrogen-bond acceptors (Lipinski definition) is 3. The summed E-state index contributed by atoms with van der Waals surface area (Å²) in [6.45, 7) is 8.83. The van der Waals surface area contributed by atoms with Gasteiger partial charge in [-0.1, -0.05) is 19.9 Å². The number of aliphatic hydroxyl groups excluding tert-OH is 1. The number of rotatable bonds is 6. The first-order valence-electron chi connectivity index (χ1n) is 6.10. The molecular formula is C14H23NO2. The van der Waals surface area contributed by atoms with E-state index in [2.05, 4.69) is 39.1 Å². The molecule has 0 fully saturated rings. The summed E-state index contributed by atoms with van der Waals surface area (Å²) in [6.07, 6.45) is 0. The Kier molecular flexibility index (Phi) is 5.45. The highest BCUT2D eigenvalue weighted by atomic mass is 16.5. The lowest BCUT2D eigenvalue weighted by Crippen LogP contribution is -2.41. The van der Waals surface area contributed by atoms with Gasteiger partial charge in [0.05, 0.1) is 12.6 Å². The zero-order valence-corrected chi connectivity index (χ0v) is 11.2. The standard InChI is InChI=1S/C14H23NO2/c1-10(2)15-13(8-16)9-17-14-6-5-11(3)12(4)7-14/h5-7,10,13,15-16H,8-9H2,1-4H3. The Labute approximate surface area is 104 Å². The fraction of sp³-hybridized carbons (Fsp3) is 0.571. The van der Waals surface area contributed by atoms with Crippen molar-refractivity contribution in [1.29, 1.82) is 0 Å². The van der Waals surface area contributed by atoms with Crippen molar-refractivity contribution in [1.82, 2.24) is 5.32 Å². The van der Waals surface area contributed by atoms with Crippen LogP contribution < -0.4 is 10.1 Å². The molecule has 0 aromatic heterocycles. The molecule has 0 saturated carbocycles. The minimum Gasteiger partial charge on any atom is -0.492 e. The molecule has 3 nitrogen and oxygen atoms in total. The molecule has 0 heterocycles. The third kappa shape index (κ3) is 4.75. The van der Waals surface area contributed by atoms with Crippen molar-refractivity contribution in [3.8, 4) is 5.75 Å². The first kappa shape index (κ1) is 14.0. The molecule has 0 bridgehead atoms. The summed E-state index contributed by atoms with van der Waals surface area (Å²) < 4.78 is 5.67. The zero-order valence-electron chi connectivity index (χ0n) is 11.2. The van der Waals surface area contributed by atoms with Crippen molar-refractivity contribution in [2.75, 3.05) is 13.2 Å². The molecule has 1 rings (SSSR count). The summed E-state index contributed by atoms with van der Waals surface area (Å²) in [5.74, 6) is 0.858. The predicted molar refractivity (Wildman–Crippen MR) is 70.6 cm³/mol. The summed E-state index contributed by atoms with van der Waals surface area (Å²) in [6, 6.07) is 6.37. The number of aliphatic hydroxyl groups is 1. The second-order valence-electron chi connectivity index (χ2n) is 4.76. The van der Waals surface area contributed by atoms with E-state index in [1.165, 1.54) is 11.1 Å². The van der Waals surface area contributed by atoms with Gasteiger partial charge >= 0.3 is 0 Å². The molecule has 0 aliphatic heterocycles. The van der Waals surface area contributed by atoms with E-state index in [4.69, 9.17) is 4.74 Å². The molecule has 1 aromatic rings. The minimum absolute atomic E-state index is 0.0170. The largest absolute Gasteiger partial charge is 0.492 e. The summed E-state index contributed by atoms with van der Waals surface area (Å²) >= 11 is 0. The number of nitrogens with one attached hydrogen (secondary N) is 1. The maximum absolute atomic E-state index is 9.21. The van der Waals surface area contributed by atoms with Crippen LogP contribution in [0, 0.1) is 13.8 Å². The van der Waals surface area contributed by atoms with E-state index in [0.717, 1.165) is 5.75 Å². The van der Waals surface area contributed by atoms with Crippen LogP contribution in [-0.2, 0) is 0 Å². The van der Waals surface area contributed by atoms with Crippen LogP contribution in [0.5, 0.6) is 5.75 Å². The Morgan fingerprint density at radius 2 is 1.94 bits per heavy atom. The molecule has 96 valence electrons. The molecule has 0 amide bonds. The molecule has 1 unspecified atom stereocenters. The highest BCUT2D eigenvalue weighted by Crippen LogP contribution is 2.16. The molecular weight excluding hydrogens is 214 g/mol. The lowest BCUT2D eigenvalue weighted by molar-refractivity contribution is 0.177. The smallest absolute Gasteiger partial charge is 0.119 e. The first-order valence-corrected chi connectivity index (χ1v) is 6.10. The number of hydrogen-bond donors (Lipinski definition) is 2. The second kappa shape index (κ2) is 6.62. The van der Waals surface area contributed by atoms with E-state index in [1.54, 1.807) is 0 Å². The summed E-state index contributed by atoms with van der Waals surface area (Å²) in [5.41, 5.74) is 2.48. The van der Waals surface area contributed by atoms with Gasteiger partial charge in [0, 0.05) is 6.04 Å². The molecule has 1 aromatic carbocycles. The lowest BCUT2D eigenvalue weighted by atomic mass is 10.1. The molecule has 0 saturated heterocycles. The SMILES string of the molecule is Cc1ccc(OCC(CO)NC(C)C)cc1C. The van der Waals surface area contributed by atoms with Crippen LogP contribution in [0.2, 0.25) is 0 Å². The van der Waals surface area contributed by atoms with Gasteiger partial charge in [0.1, 0.15) is 12.4 Å². The maximum atomic E-state index is 9.21. The van der Waals surface area contributed by atoms with E-state index in [0.29, 0.717) is 12.6 Å². The average molecular weight is 237 g/mol. The fourth-order valence-electron chi connectivity index (χ4n) is 1.63. The van der Waals surface area contributed by atoms with E-state index in [-0.39, 0.29) is 12.6 Å². The van der Waals surface area contributed by atoms with Gasteiger partial charge < -0.3 is 15.2 Å². The van der Waals surface area contributed by atoms with Crippen LogP contribution in [0.3, 0.4) is 0 Å². The van der Waals surface area contributed by atoms with Gasteiger partial charge in [-0.05, 0) is 37.1 Å². The molecule has 3 heteroatoms. The Morgan fingerprint density at radius 1 is 1.24 bits per heavy atom. The summed E-state index contributed by atoms with van der Waals surface area (Å²) in [5, 5.41) is 12.5. The van der Waals surface area contributed by atoms with E-state index in [1.807, 2.05) is 12.1 Å². The number of ether oxygens (including phenoxy) is 1. The van der Waals surface area contributed by atoms with E-state index >= 15 is 0 Å². The highest BCUT2D eigenvalue weighted by molar-refractivity contribution is 5.33. The van der Waals surface area contributed by atoms with Gasteiger partial charge in [-0.2, -0.15) is 0 Å². The molecule has 0 aliphatic carbocycles. The molecule has 2 N–H and O–H groups in total. The van der Waals surface area contributed by atoms with E-state index < -0.39 is 0 Å². The Morgan fingerprint density at radius 3 is 2.47 bits per heavy atom. The molecule has 17 heavy (non-hydrogen) atoms. The molecule has 1 atom stereocenters. The van der Waals surface area contributed by atoms with Gasteiger partial charge in [-0.15, -0.1) is 0 Å². The van der Waals surface area contributed by atoms with Crippen molar-refractivity contribution in [3.05, 3.63) is 29.3 Å². The third-order valence-electron chi connectivity index (χ3n) is 2.72. The fourth-order valence-corrected chi connectivity index (χ4v) is 1.63. The Hall–Kier alpha value is -1.06. The second-order valence-corrected chi connectivity index (χ2v) is 4.76. The van der Waals surface area contributed by atoms with Crippen LogP contribution in [0.4, 0.5) is 0 Å². The van der Waals surface area contributed by atoms with Crippen molar-refractivity contribution < 1.29 is 9.84 Å². The third-order valence-corrected chi connectivity index (χ3v) is 2.72. The Balaban J connectivity index is 2.50. The predicted octanol–water partition coefficient (Wildman–Crippen LogP) is 2.04. The van der Waals surface area contributed by atoms with Gasteiger partial charge in [0.25, 0.3) is 0 Å².